The lowest BCUT2D eigenvalue weighted by atomic mass is 10.1. The highest BCUT2D eigenvalue weighted by atomic mass is 32.2. The molecule has 0 aliphatic heterocycles. The summed E-state index contributed by atoms with van der Waals surface area (Å²) < 4.78 is 27.5. The molecule has 1 aromatic rings. The molecule has 0 spiro atoms. The Balaban J connectivity index is 2.95. The second-order valence-electron chi connectivity index (χ2n) is 7.81. The second-order valence-corrected chi connectivity index (χ2v) is 9.75. The quantitative estimate of drug-likeness (QED) is 0.653. The lowest BCUT2D eigenvalue weighted by Gasteiger charge is -2.25. The Hall–Kier alpha value is -1.40. The molecule has 1 N–H and O–H groups in total. The number of nitrogens with zero attached hydrogens (tertiary/aromatic N) is 1. The van der Waals surface area contributed by atoms with Crippen LogP contribution in [0.5, 0.6) is 0 Å². The van der Waals surface area contributed by atoms with Gasteiger partial charge in [0.05, 0.1) is 4.90 Å². The van der Waals surface area contributed by atoms with Gasteiger partial charge in [-0.3, -0.25) is 4.79 Å². The number of nitrogens with one attached hydrogen (secondary N) is 1. The number of hydrogen-bond acceptors (Lipinski definition) is 3. The summed E-state index contributed by atoms with van der Waals surface area (Å²) in [5.74, 6) is 0.406. The van der Waals surface area contributed by atoms with Crippen LogP contribution in [0, 0.1) is 17.8 Å². The molecule has 0 saturated carbocycles. The van der Waals surface area contributed by atoms with Crippen molar-refractivity contribution in [2.45, 2.75) is 59.3 Å². The normalized spacial score (nSPS) is 13.4. The molecule has 148 valence electrons. The van der Waals surface area contributed by atoms with Crippen LogP contribution in [0.2, 0.25) is 0 Å². The SMILES string of the molecule is CCCC(C)C(=O)Nc1ccc(S(=O)(=O)N(CC(C)C)CC(C)C)cc1. The summed E-state index contributed by atoms with van der Waals surface area (Å²) in [6, 6.07) is 6.46. The maximum atomic E-state index is 13.0. The first kappa shape index (κ1) is 22.6. The van der Waals surface area contributed by atoms with Crippen LogP contribution in [0.25, 0.3) is 0 Å². The first-order chi connectivity index (χ1) is 12.1. The second kappa shape index (κ2) is 10.1. The number of rotatable bonds is 10. The Bertz CT molecular complexity index is 657. The zero-order chi connectivity index (χ0) is 19.9. The molecular weight excluding hydrogens is 348 g/mol. The standard InChI is InChI=1S/C20H34N2O3S/c1-7-8-17(6)20(23)21-18-9-11-19(12-10-18)26(24,25)22(13-15(2)3)14-16(4)5/h9-12,15-17H,7-8,13-14H2,1-6H3,(H,21,23). The maximum Gasteiger partial charge on any atom is 0.243 e. The van der Waals surface area contributed by atoms with Crippen LogP contribution in [0.15, 0.2) is 29.2 Å². The van der Waals surface area contributed by atoms with Crippen molar-refractivity contribution in [3.05, 3.63) is 24.3 Å². The van der Waals surface area contributed by atoms with E-state index >= 15 is 0 Å². The topological polar surface area (TPSA) is 66.5 Å². The van der Waals surface area contributed by atoms with E-state index in [4.69, 9.17) is 0 Å². The van der Waals surface area contributed by atoms with Crippen molar-refractivity contribution in [2.24, 2.45) is 17.8 Å². The Morgan fingerprint density at radius 3 is 1.92 bits per heavy atom. The third-order valence-corrected chi connectivity index (χ3v) is 5.91. The van der Waals surface area contributed by atoms with Gasteiger partial charge in [-0.1, -0.05) is 48.0 Å². The number of sulfonamides is 1. The first-order valence-electron chi connectivity index (χ1n) is 9.49. The third-order valence-electron chi connectivity index (χ3n) is 4.07. The summed E-state index contributed by atoms with van der Waals surface area (Å²) in [5.41, 5.74) is 0.621. The van der Waals surface area contributed by atoms with Gasteiger partial charge < -0.3 is 5.32 Å². The molecule has 6 heteroatoms. The Kier molecular flexibility index (Phi) is 8.77. The average molecular weight is 383 g/mol. The van der Waals surface area contributed by atoms with Gasteiger partial charge >= 0.3 is 0 Å². The number of anilines is 1. The minimum atomic E-state index is -3.54. The molecule has 0 bridgehead atoms. The molecule has 1 rings (SSSR count). The van der Waals surface area contributed by atoms with Gasteiger partial charge in [-0.25, -0.2) is 8.42 Å². The van der Waals surface area contributed by atoms with Crippen molar-refractivity contribution in [3.8, 4) is 0 Å². The fourth-order valence-corrected chi connectivity index (χ4v) is 4.54. The van der Waals surface area contributed by atoms with Crippen LogP contribution in [0.1, 0.15) is 54.4 Å². The van der Waals surface area contributed by atoms with Crippen molar-refractivity contribution in [3.63, 3.8) is 0 Å². The largest absolute Gasteiger partial charge is 0.326 e. The molecule has 5 nitrogen and oxygen atoms in total. The first-order valence-corrected chi connectivity index (χ1v) is 10.9. The van der Waals surface area contributed by atoms with Crippen LogP contribution in [-0.4, -0.2) is 31.7 Å². The van der Waals surface area contributed by atoms with E-state index in [0.29, 0.717) is 18.8 Å². The van der Waals surface area contributed by atoms with E-state index in [-0.39, 0.29) is 28.6 Å². The van der Waals surface area contributed by atoms with Crippen molar-refractivity contribution in [2.75, 3.05) is 18.4 Å². The molecule has 0 fully saturated rings. The molecule has 1 unspecified atom stereocenters. The lowest BCUT2D eigenvalue weighted by molar-refractivity contribution is -0.119. The maximum absolute atomic E-state index is 13.0. The van der Waals surface area contributed by atoms with Crippen molar-refractivity contribution in [1.82, 2.24) is 4.31 Å². The molecule has 0 aromatic heterocycles. The summed E-state index contributed by atoms with van der Waals surface area (Å²) >= 11 is 0. The molecule has 0 saturated heterocycles. The van der Waals surface area contributed by atoms with E-state index in [0.717, 1.165) is 12.8 Å². The fraction of sp³-hybridized carbons (Fsp3) is 0.650. The number of hydrogen-bond donors (Lipinski definition) is 1. The van der Waals surface area contributed by atoms with E-state index in [2.05, 4.69) is 5.32 Å². The van der Waals surface area contributed by atoms with E-state index < -0.39 is 10.0 Å². The minimum Gasteiger partial charge on any atom is -0.326 e. The van der Waals surface area contributed by atoms with Crippen LogP contribution in [0.3, 0.4) is 0 Å². The van der Waals surface area contributed by atoms with Crippen molar-refractivity contribution >= 4 is 21.6 Å². The molecular formula is C20H34N2O3S. The van der Waals surface area contributed by atoms with E-state index in [9.17, 15) is 13.2 Å². The van der Waals surface area contributed by atoms with E-state index in [1.807, 2.05) is 41.5 Å². The predicted octanol–water partition coefficient (Wildman–Crippen LogP) is 4.36. The summed E-state index contributed by atoms with van der Waals surface area (Å²) in [5, 5.41) is 2.85. The Labute approximate surface area is 159 Å². The minimum absolute atomic E-state index is 0.0382. The number of carbonyl (C=O) groups excluding carboxylic acids is 1. The monoisotopic (exact) mass is 382 g/mol. The van der Waals surface area contributed by atoms with Gasteiger partial charge in [-0.05, 0) is 42.5 Å². The van der Waals surface area contributed by atoms with Gasteiger partial charge in [0.25, 0.3) is 0 Å². The van der Waals surface area contributed by atoms with Gasteiger partial charge in [0, 0.05) is 24.7 Å². The number of benzene rings is 1. The van der Waals surface area contributed by atoms with Crippen LogP contribution in [-0.2, 0) is 14.8 Å². The molecule has 1 amide bonds. The number of carbonyl (C=O) groups is 1. The summed E-state index contributed by atoms with van der Waals surface area (Å²) in [4.78, 5) is 12.4. The van der Waals surface area contributed by atoms with Crippen LogP contribution in [0.4, 0.5) is 5.69 Å². The third kappa shape index (κ3) is 6.72. The molecule has 0 aliphatic carbocycles. The number of amides is 1. The van der Waals surface area contributed by atoms with Gasteiger partial charge in [0.2, 0.25) is 15.9 Å². The molecule has 1 aromatic carbocycles. The molecule has 26 heavy (non-hydrogen) atoms. The molecule has 0 aliphatic rings. The van der Waals surface area contributed by atoms with E-state index in [1.54, 1.807) is 28.6 Å². The van der Waals surface area contributed by atoms with Crippen LogP contribution >= 0.6 is 0 Å². The summed E-state index contributed by atoms with van der Waals surface area (Å²) in [6.07, 6.45) is 1.78. The Morgan fingerprint density at radius 2 is 1.50 bits per heavy atom. The zero-order valence-electron chi connectivity index (χ0n) is 17.0. The molecule has 0 heterocycles. The molecule has 1 atom stereocenters. The van der Waals surface area contributed by atoms with Crippen LogP contribution < -0.4 is 5.32 Å². The lowest BCUT2D eigenvalue weighted by Crippen LogP contribution is -2.37. The smallest absolute Gasteiger partial charge is 0.243 e. The summed E-state index contributed by atoms with van der Waals surface area (Å²) in [6.45, 7) is 13.0. The van der Waals surface area contributed by atoms with Crippen molar-refractivity contribution < 1.29 is 13.2 Å². The highest BCUT2D eigenvalue weighted by molar-refractivity contribution is 7.89. The highest BCUT2D eigenvalue weighted by Gasteiger charge is 2.25. The van der Waals surface area contributed by atoms with Gasteiger partial charge in [0.1, 0.15) is 0 Å². The summed E-state index contributed by atoms with van der Waals surface area (Å²) in [7, 11) is -3.54. The average Bonchev–Trinajstić information content (AvgIpc) is 2.54. The Morgan fingerprint density at radius 1 is 1.00 bits per heavy atom. The van der Waals surface area contributed by atoms with Gasteiger partial charge in [-0.2, -0.15) is 4.31 Å². The fourth-order valence-electron chi connectivity index (χ4n) is 2.77. The zero-order valence-corrected chi connectivity index (χ0v) is 17.8. The van der Waals surface area contributed by atoms with E-state index in [1.165, 1.54) is 0 Å². The highest BCUT2D eigenvalue weighted by Crippen LogP contribution is 2.21. The molecule has 0 radical (unpaired) electrons. The predicted molar refractivity (Wildman–Crippen MR) is 108 cm³/mol. The van der Waals surface area contributed by atoms with Crippen molar-refractivity contribution in [1.29, 1.82) is 0 Å². The van der Waals surface area contributed by atoms with Gasteiger partial charge in [-0.15, -0.1) is 0 Å². The van der Waals surface area contributed by atoms with Gasteiger partial charge in [0.15, 0.2) is 0 Å².